The molecule has 0 aliphatic rings. The van der Waals surface area contributed by atoms with Crippen molar-refractivity contribution in [3.05, 3.63) is 81.1 Å². The highest BCUT2D eigenvalue weighted by Gasteiger charge is 2.29. The average Bonchev–Trinajstić information content (AvgIpc) is 3.47. The number of benzene rings is 3. The summed E-state index contributed by atoms with van der Waals surface area (Å²) in [5.74, 6) is -1.08. The standard InChI is InChI=1S/C31H31BrF3N5O7/c1-17-12-20(32)13-26(27(17)36-30(44)29-37-38-39-40(29)14-19-4-6-22(45-3)7-5-19)47-16-21(42)15-46-25-9-8-23(18(2)41)28(43)24(25)10-11-31(33,34)35/h4-9,12-13,21,42-43H,10-11,14-16H2,1-3H3,(H,36,44). The van der Waals surface area contributed by atoms with Crippen molar-refractivity contribution in [2.45, 2.75) is 45.5 Å². The monoisotopic (exact) mass is 721 g/mol. The van der Waals surface area contributed by atoms with Crippen LogP contribution in [0.3, 0.4) is 0 Å². The van der Waals surface area contributed by atoms with Gasteiger partial charge in [0.2, 0.25) is 5.82 Å². The number of aryl methyl sites for hydroxylation is 1. The number of hydrogen-bond acceptors (Lipinski definition) is 10. The zero-order valence-corrected chi connectivity index (χ0v) is 27.1. The Labute approximate surface area is 275 Å². The van der Waals surface area contributed by atoms with Gasteiger partial charge in [0.05, 0.1) is 24.9 Å². The molecule has 0 spiro atoms. The molecule has 1 amide bonds. The van der Waals surface area contributed by atoms with Crippen LogP contribution in [0.5, 0.6) is 23.0 Å². The molecule has 3 N–H and O–H groups in total. The van der Waals surface area contributed by atoms with E-state index in [2.05, 4.69) is 36.8 Å². The maximum absolute atomic E-state index is 13.3. The Kier molecular flexibility index (Phi) is 11.4. The number of phenolic OH excluding ortho intramolecular Hbond substituents is 1. The minimum Gasteiger partial charge on any atom is -0.507 e. The second-order valence-electron chi connectivity index (χ2n) is 10.4. The minimum absolute atomic E-state index is 0.0668. The quantitative estimate of drug-likeness (QED) is 0.146. The molecule has 47 heavy (non-hydrogen) atoms. The molecular weight excluding hydrogens is 691 g/mol. The van der Waals surface area contributed by atoms with Gasteiger partial charge in [0, 0.05) is 16.5 Å². The summed E-state index contributed by atoms with van der Waals surface area (Å²) in [6.07, 6.45) is -7.70. The fraction of sp³-hybridized carbons (Fsp3) is 0.323. The Morgan fingerprint density at radius 1 is 1.06 bits per heavy atom. The Balaban J connectivity index is 1.44. The van der Waals surface area contributed by atoms with Gasteiger partial charge in [0.15, 0.2) is 5.78 Å². The van der Waals surface area contributed by atoms with E-state index in [9.17, 15) is 33.0 Å². The number of aliphatic hydroxyl groups excluding tert-OH is 1. The first kappa shape index (κ1) is 35.2. The molecule has 250 valence electrons. The molecule has 0 saturated carbocycles. The number of aliphatic hydroxyl groups is 1. The fourth-order valence-electron chi connectivity index (χ4n) is 4.50. The summed E-state index contributed by atoms with van der Waals surface area (Å²) in [7, 11) is 1.56. The fourth-order valence-corrected chi connectivity index (χ4v) is 5.05. The van der Waals surface area contributed by atoms with Gasteiger partial charge in [0.1, 0.15) is 42.3 Å². The van der Waals surface area contributed by atoms with Crippen LogP contribution in [0.4, 0.5) is 18.9 Å². The number of tetrazole rings is 1. The van der Waals surface area contributed by atoms with Crippen LogP contribution >= 0.6 is 15.9 Å². The van der Waals surface area contributed by atoms with E-state index in [-0.39, 0.29) is 47.3 Å². The molecule has 0 bridgehead atoms. The number of aromatic nitrogens is 4. The van der Waals surface area contributed by atoms with Crippen LogP contribution in [-0.2, 0) is 13.0 Å². The van der Waals surface area contributed by atoms with Gasteiger partial charge in [-0.1, -0.05) is 28.1 Å². The van der Waals surface area contributed by atoms with Gasteiger partial charge in [-0.05, 0) is 78.2 Å². The number of aromatic hydroxyl groups is 1. The van der Waals surface area contributed by atoms with E-state index in [0.717, 1.165) is 5.56 Å². The van der Waals surface area contributed by atoms with Crippen LogP contribution in [0, 0.1) is 6.92 Å². The minimum atomic E-state index is -4.51. The number of anilines is 1. The third-order valence-corrected chi connectivity index (χ3v) is 7.33. The van der Waals surface area contributed by atoms with Gasteiger partial charge in [0.25, 0.3) is 5.91 Å². The van der Waals surface area contributed by atoms with Crippen LogP contribution in [0.2, 0.25) is 0 Å². The van der Waals surface area contributed by atoms with Gasteiger partial charge in [-0.15, -0.1) is 5.10 Å². The number of nitrogens with zero attached hydrogens (tertiary/aromatic N) is 4. The van der Waals surface area contributed by atoms with Crippen LogP contribution in [0.1, 0.15) is 51.0 Å². The van der Waals surface area contributed by atoms with Gasteiger partial charge < -0.3 is 29.7 Å². The first-order valence-corrected chi connectivity index (χ1v) is 14.9. The van der Waals surface area contributed by atoms with E-state index in [1.165, 1.54) is 23.7 Å². The molecule has 4 rings (SSSR count). The summed E-state index contributed by atoms with van der Waals surface area (Å²) < 4.78 is 57.3. The number of Topliss-reactive ketones (excluding diaryl/α,β-unsaturated/α-hetero) is 1. The number of phenols is 1. The molecular formula is C31H31BrF3N5O7. The molecule has 1 aromatic heterocycles. The summed E-state index contributed by atoms with van der Waals surface area (Å²) in [5, 5.41) is 35.3. The Morgan fingerprint density at radius 3 is 2.38 bits per heavy atom. The Bertz CT molecular complexity index is 1730. The van der Waals surface area contributed by atoms with Crippen LogP contribution in [-0.4, -0.2) is 74.7 Å². The number of hydrogen-bond donors (Lipinski definition) is 3. The highest BCUT2D eigenvalue weighted by atomic mass is 79.9. The highest BCUT2D eigenvalue weighted by Crippen LogP contribution is 2.36. The first-order valence-electron chi connectivity index (χ1n) is 14.1. The zero-order chi connectivity index (χ0) is 34.3. The lowest BCUT2D eigenvalue weighted by molar-refractivity contribution is -0.134. The van der Waals surface area contributed by atoms with E-state index in [1.807, 2.05) is 12.1 Å². The number of nitrogens with one attached hydrogen (secondary N) is 1. The molecule has 12 nitrogen and oxygen atoms in total. The topological polar surface area (TPSA) is 158 Å². The molecule has 1 unspecified atom stereocenters. The smallest absolute Gasteiger partial charge is 0.389 e. The predicted octanol–water partition coefficient (Wildman–Crippen LogP) is 5.28. The van der Waals surface area contributed by atoms with E-state index in [4.69, 9.17) is 14.2 Å². The van der Waals surface area contributed by atoms with E-state index >= 15 is 0 Å². The number of alkyl halides is 3. The molecule has 0 aliphatic carbocycles. The number of amides is 1. The predicted molar refractivity (Wildman–Crippen MR) is 166 cm³/mol. The summed E-state index contributed by atoms with van der Waals surface area (Å²) in [6, 6.07) is 13.0. The Morgan fingerprint density at radius 2 is 1.74 bits per heavy atom. The lowest BCUT2D eigenvalue weighted by Crippen LogP contribution is -2.26. The number of ether oxygens (including phenoxy) is 3. The van der Waals surface area contributed by atoms with E-state index in [1.54, 1.807) is 38.3 Å². The van der Waals surface area contributed by atoms with E-state index in [0.29, 0.717) is 15.8 Å². The molecule has 16 heteroatoms. The van der Waals surface area contributed by atoms with Crippen molar-refractivity contribution >= 4 is 33.3 Å². The van der Waals surface area contributed by atoms with Gasteiger partial charge in [-0.2, -0.15) is 13.2 Å². The van der Waals surface area contributed by atoms with Crippen molar-refractivity contribution in [3.63, 3.8) is 0 Å². The molecule has 0 saturated heterocycles. The number of halogens is 4. The molecule has 4 aromatic rings. The molecule has 0 radical (unpaired) electrons. The van der Waals surface area contributed by atoms with Gasteiger partial charge >= 0.3 is 6.18 Å². The molecule has 1 heterocycles. The third-order valence-electron chi connectivity index (χ3n) is 6.87. The second kappa shape index (κ2) is 15.3. The SMILES string of the molecule is COc1ccc(Cn2nnnc2C(=O)Nc2c(C)cc(Br)cc2OCC(O)COc2ccc(C(C)=O)c(O)c2CCC(F)(F)F)cc1. The van der Waals surface area contributed by atoms with Crippen molar-refractivity contribution in [1.82, 2.24) is 20.2 Å². The normalized spacial score (nSPS) is 12.0. The van der Waals surface area contributed by atoms with Crippen molar-refractivity contribution in [2.75, 3.05) is 25.6 Å². The van der Waals surface area contributed by atoms with Crippen LogP contribution in [0.15, 0.2) is 53.0 Å². The number of ketones is 1. The first-order chi connectivity index (χ1) is 22.3. The van der Waals surface area contributed by atoms with Gasteiger partial charge in [-0.3, -0.25) is 9.59 Å². The van der Waals surface area contributed by atoms with Crippen molar-refractivity contribution < 1.29 is 47.2 Å². The number of methoxy groups -OCH3 is 1. The summed E-state index contributed by atoms with van der Waals surface area (Å²) in [6.45, 7) is 2.35. The lowest BCUT2D eigenvalue weighted by Gasteiger charge is -2.19. The number of rotatable bonds is 14. The molecule has 3 aromatic carbocycles. The zero-order valence-electron chi connectivity index (χ0n) is 25.5. The highest BCUT2D eigenvalue weighted by molar-refractivity contribution is 9.10. The lowest BCUT2D eigenvalue weighted by atomic mass is 10.0. The average molecular weight is 723 g/mol. The number of carbonyl (C=O) groups excluding carboxylic acids is 2. The summed E-state index contributed by atoms with van der Waals surface area (Å²) in [4.78, 5) is 25.1. The van der Waals surface area contributed by atoms with Crippen molar-refractivity contribution in [2.24, 2.45) is 0 Å². The Hall–Kier alpha value is -4.70. The molecule has 1 atom stereocenters. The van der Waals surface area contributed by atoms with Crippen molar-refractivity contribution in [1.29, 1.82) is 0 Å². The van der Waals surface area contributed by atoms with E-state index < -0.39 is 49.2 Å². The summed E-state index contributed by atoms with van der Waals surface area (Å²) >= 11 is 3.39. The van der Waals surface area contributed by atoms with Gasteiger partial charge in [-0.25, -0.2) is 4.68 Å². The number of carbonyl (C=O) groups is 2. The maximum Gasteiger partial charge on any atom is 0.389 e. The van der Waals surface area contributed by atoms with Crippen LogP contribution < -0.4 is 19.5 Å². The van der Waals surface area contributed by atoms with Crippen LogP contribution in [0.25, 0.3) is 0 Å². The largest absolute Gasteiger partial charge is 0.507 e. The second-order valence-corrected chi connectivity index (χ2v) is 11.4. The molecule has 0 aliphatic heterocycles. The van der Waals surface area contributed by atoms with Crippen molar-refractivity contribution in [3.8, 4) is 23.0 Å². The third kappa shape index (κ3) is 9.42. The maximum atomic E-state index is 13.3. The summed E-state index contributed by atoms with van der Waals surface area (Å²) in [5.41, 5.74) is 1.37. The molecule has 0 fully saturated rings.